The van der Waals surface area contributed by atoms with E-state index in [1.807, 2.05) is 24.1 Å². The van der Waals surface area contributed by atoms with Crippen molar-refractivity contribution in [1.29, 1.82) is 0 Å². The van der Waals surface area contributed by atoms with E-state index >= 15 is 0 Å². The standard InChI is InChI=1S/C19H24N2O4S2/c1-12-11-27-16(21-12)3-6-20-15(23)10-19(4-7-26-8-5-19)18-17(24)14(22)9-13(2)25-18/h9,11,24H,3-8,10H2,1-2H3,(H,20,23). The number of thiazole rings is 1. The summed E-state index contributed by atoms with van der Waals surface area (Å²) in [7, 11) is 0. The Balaban J connectivity index is 1.73. The first-order valence-electron chi connectivity index (χ1n) is 8.99. The molecule has 0 saturated carbocycles. The summed E-state index contributed by atoms with van der Waals surface area (Å²) < 4.78 is 5.76. The maximum atomic E-state index is 12.6. The predicted octanol–water partition coefficient (Wildman–Crippen LogP) is 2.93. The van der Waals surface area contributed by atoms with E-state index in [1.165, 1.54) is 6.07 Å². The first-order valence-corrected chi connectivity index (χ1v) is 11.0. The largest absolute Gasteiger partial charge is 0.502 e. The van der Waals surface area contributed by atoms with Crippen molar-refractivity contribution < 1.29 is 14.3 Å². The third kappa shape index (κ3) is 4.73. The fraction of sp³-hybridized carbons (Fsp3) is 0.526. The molecule has 8 heteroatoms. The second-order valence-electron chi connectivity index (χ2n) is 6.95. The zero-order valence-electron chi connectivity index (χ0n) is 15.5. The molecule has 0 aromatic carbocycles. The number of nitrogens with zero attached hydrogens (tertiary/aromatic N) is 1. The van der Waals surface area contributed by atoms with Crippen LogP contribution in [0, 0.1) is 13.8 Å². The topological polar surface area (TPSA) is 92.4 Å². The quantitative estimate of drug-likeness (QED) is 0.763. The summed E-state index contributed by atoms with van der Waals surface area (Å²) in [4.78, 5) is 29.1. The number of hydrogen-bond acceptors (Lipinski definition) is 7. The number of thioether (sulfide) groups is 1. The van der Waals surface area contributed by atoms with Gasteiger partial charge in [-0.3, -0.25) is 9.59 Å². The highest BCUT2D eigenvalue weighted by molar-refractivity contribution is 7.99. The fourth-order valence-corrected chi connectivity index (χ4v) is 5.46. The zero-order valence-corrected chi connectivity index (χ0v) is 17.2. The molecule has 0 atom stereocenters. The molecule has 2 aromatic heterocycles. The van der Waals surface area contributed by atoms with Crippen LogP contribution in [0.3, 0.4) is 0 Å². The number of carbonyl (C=O) groups is 1. The molecule has 0 radical (unpaired) electrons. The molecule has 27 heavy (non-hydrogen) atoms. The molecule has 1 fully saturated rings. The number of hydrogen-bond donors (Lipinski definition) is 2. The van der Waals surface area contributed by atoms with Crippen molar-refractivity contribution in [2.24, 2.45) is 0 Å². The van der Waals surface area contributed by atoms with Gasteiger partial charge in [0.25, 0.3) is 0 Å². The number of aromatic hydroxyl groups is 1. The van der Waals surface area contributed by atoms with Gasteiger partial charge in [-0.25, -0.2) is 4.98 Å². The maximum Gasteiger partial charge on any atom is 0.227 e. The summed E-state index contributed by atoms with van der Waals surface area (Å²) in [6.07, 6.45) is 2.27. The summed E-state index contributed by atoms with van der Waals surface area (Å²) >= 11 is 3.40. The summed E-state index contributed by atoms with van der Waals surface area (Å²) in [5.74, 6) is 1.98. The van der Waals surface area contributed by atoms with Crippen molar-refractivity contribution in [3.63, 3.8) is 0 Å². The smallest absolute Gasteiger partial charge is 0.227 e. The van der Waals surface area contributed by atoms with Crippen LogP contribution in [0.1, 0.15) is 41.5 Å². The number of nitrogens with one attached hydrogen (secondary N) is 1. The van der Waals surface area contributed by atoms with Crippen molar-refractivity contribution in [2.45, 2.75) is 44.9 Å². The van der Waals surface area contributed by atoms with Crippen LogP contribution in [-0.4, -0.2) is 34.0 Å². The van der Waals surface area contributed by atoms with E-state index in [9.17, 15) is 14.7 Å². The lowest BCUT2D eigenvalue weighted by molar-refractivity contribution is -0.122. The monoisotopic (exact) mass is 408 g/mol. The van der Waals surface area contributed by atoms with E-state index in [0.29, 0.717) is 31.6 Å². The highest BCUT2D eigenvalue weighted by Gasteiger charge is 2.41. The molecule has 0 aliphatic carbocycles. The Labute approximate surface area is 166 Å². The van der Waals surface area contributed by atoms with E-state index in [0.717, 1.165) is 22.2 Å². The highest BCUT2D eigenvalue weighted by atomic mass is 32.2. The van der Waals surface area contributed by atoms with Crippen LogP contribution in [-0.2, 0) is 16.6 Å². The molecule has 146 valence electrons. The van der Waals surface area contributed by atoms with Gasteiger partial charge in [-0.1, -0.05) is 0 Å². The average molecular weight is 409 g/mol. The fourth-order valence-electron chi connectivity index (χ4n) is 3.41. The van der Waals surface area contributed by atoms with Gasteiger partial charge in [-0.15, -0.1) is 11.3 Å². The molecule has 0 bridgehead atoms. The Hall–Kier alpha value is -1.80. The Morgan fingerprint density at radius 1 is 1.37 bits per heavy atom. The van der Waals surface area contributed by atoms with E-state index in [4.69, 9.17) is 4.42 Å². The van der Waals surface area contributed by atoms with Crippen molar-refractivity contribution >= 4 is 29.0 Å². The lowest BCUT2D eigenvalue weighted by atomic mass is 9.75. The van der Waals surface area contributed by atoms with Crippen molar-refractivity contribution in [1.82, 2.24) is 10.3 Å². The van der Waals surface area contributed by atoms with Gasteiger partial charge in [-0.05, 0) is 38.2 Å². The number of aryl methyl sites for hydroxylation is 2. The number of aromatic nitrogens is 1. The van der Waals surface area contributed by atoms with Gasteiger partial charge in [-0.2, -0.15) is 11.8 Å². The van der Waals surface area contributed by atoms with E-state index in [2.05, 4.69) is 10.3 Å². The van der Waals surface area contributed by atoms with Crippen LogP contribution >= 0.6 is 23.1 Å². The van der Waals surface area contributed by atoms with Crippen LogP contribution in [0.5, 0.6) is 5.75 Å². The van der Waals surface area contributed by atoms with E-state index in [-0.39, 0.29) is 23.8 Å². The molecular weight excluding hydrogens is 384 g/mol. The minimum Gasteiger partial charge on any atom is -0.502 e. The first kappa shape index (κ1) is 19.9. The van der Waals surface area contributed by atoms with Crippen molar-refractivity contribution in [3.8, 4) is 5.75 Å². The minimum absolute atomic E-state index is 0.0984. The Morgan fingerprint density at radius 3 is 2.78 bits per heavy atom. The normalized spacial score (nSPS) is 16.2. The molecule has 3 heterocycles. The molecule has 1 aliphatic rings. The van der Waals surface area contributed by atoms with Crippen LogP contribution in [0.25, 0.3) is 0 Å². The summed E-state index contributed by atoms with van der Waals surface area (Å²) in [6, 6.07) is 1.28. The lowest BCUT2D eigenvalue weighted by Gasteiger charge is -2.35. The molecule has 0 unspecified atom stereocenters. The van der Waals surface area contributed by atoms with Gasteiger partial charge in [0, 0.05) is 41.9 Å². The zero-order chi connectivity index (χ0) is 19.4. The summed E-state index contributed by atoms with van der Waals surface area (Å²) in [5.41, 5.74) is -0.0987. The lowest BCUT2D eigenvalue weighted by Crippen LogP contribution is -2.39. The second-order valence-corrected chi connectivity index (χ2v) is 9.12. The average Bonchev–Trinajstić information content (AvgIpc) is 3.04. The molecule has 1 saturated heterocycles. The maximum absolute atomic E-state index is 12.6. The Kier molecular flexibility index (Phi) is 6.26. The molecule has 1 amide bonds. The molecular formula is C19H24N2O4S2. The minimum atomic E-state index is -0.637. The van der Waals surface area contributed by atoms with Gasteiger partial charge >= 0.3 is 0 Å². The molecule has 0 spiro atoms. The van der Waals surface area contributed by atoms with Crippen LogP contribution in [0.15, 0.2) is 20.7 Å². The van der Waals surface area contributed by atoms with Gasteiger partial charge in [0.15, 0.2) is 5.76 Å². The summed E-state index contributed by atoms with van der Waals surface area (Å²) in [6.45, 7) is 4.15. The van der Waals surface area contributed by atoms with Gasteiger partial charge in [0.1, 0.15) is 5.76 Å². The third-order valence-corrected chi connectivity index (χ3v) is 6.82. The van der Waals surface area contributed by atoms with Gasteiger partial charge in [0.2, 0.25) is 17.1 Å². The molecule has 1 aliphatic heterocycles. The van der Waals surface area contributed by atoms with E-state index in [1.54, 1.807) is 18.3 Å². The van der Waals surface area contributed by atoms with Crippen molar-refractivity contribution in [2.75, 3.05) is 18.1 Å². The van der Waals surface area contributed by atoms with Crippen LogP contribution in [0.2, 0.25) is 0 Å². The number of amides is 1. The number of carbonyl (C=O) groups excluding carboxylic acids is 1. The molecule has 6 nitrogen and oxygen atoms in total. The summed E-state index contributed by atoms with van der Waals surface area (Å²) in [5, 5.41) is 16.3. The SMILES string of the molecule is Cc1csc(CCNC(=O)CC2(c3oc(C)cc(=O)c3O)CCSCC2)n1. The molecule has 2 aromatic rings. The first-order chi connectivity index (χ1) is 12.9. The van der Waals surface area contributed by atoms with Gasteiger partial charge in [0.05, 0.1) is 5.01 Å². The molecule has 2 N–H and O–H groups in total. The van der Waals surface area contributed by atoms with Crippen LogP contribution < -0.4 is 10.7 Å². The van der Waals surface area contributed by atoms with E-state index < -0.39 is 10.8 Å². The third-order valence-electron chi connectivity index (χ3n) is 4.80. The van der Waals surface area contributed by atoms with Gasteiger partial charge < -0.3 is 14.8 Å². The highest BCUT2D eigenvalue weighted by Crippen LogP contribution is 2.43. The number of rotatable bonds is 6. The Morgan fingerprint density at radius 2 is 2.11 bits per heavy atom. The van der Waals surface area contributed by atoms with Crippen molar-refractivity contribution in [3.05, 3.63) is 43.9 Å². The Bertz CT molecular complexity index is 869. The molecule has 3 rings (SSSR count). The second kappa shape index (κ2) is 8.48. The van der Waals surface area contributed by atoms with Crippen LogP contribution in [0.4, 0.5) is 0 Å². The predicted molar refractivity (Wildman–Crippen MR) is 108 cm³/mol.